The van der Waals surface area contributed by atoms with Crippen molar-refractivity contribution in [3.05, 3.63) is 54.1 Å². The highest BCUT2D eigenvalue weighted by atomic mass is 32.2. The van der Waals surface area contributed by atoms with Crippen molar-refractivity contribution in [3.8, 4) is 5.75 Å². The first-order valence-corrected chi connectivity index (χ1v) is 8.90. The van der Waals surface area contributed by atoms with E-state index in [0.717, 1.165) is 9.20 Å². The summed E-state index contributed by atoms with van der Waals surface area (Å²) in [5.41, 5.74) is 0.110. The van der Waals surface area contributed by atoms with E-state index in [9.17, 15) is 13.2 Å². The molecule has 1 aliphatic rings. The van der Waals surface area contributed by atoms with Gasteiger partial charge in [0.05, 0.1) is 13.0 Å². The summed E-state index contributed by atoms with van der Waals surface area (Å²) < 4.78 is 31.0. The second kappa shape index (κ2) is 5.66. The van der Waals surface area contributed by atoms with E-state index in [1.807, 2.05) is 30.3 Å². The lowest BCUT2D eigenvalue weighted by atomic mass is 10.2. The Balaban J connectivity index is 1.93. The summed E-state index contributed by atoms with van der Waals surface area (Å²) in [5, 5.41) is 0. The van der Waals surface area contributed by atoms with Crippen LogP contribution in [0.25, 0.3) is 0 Å². The fourth-order valence-corrected chi connectivity index (χ4v) is 4.93. The molecular formula is C15H13NO4S2. The number of hydrogen-bond donors (Lipinski definition) is 0. The van der Waals surface area contributed by atoms with E-state index in [2.05, 4.69) is 0 Å². The molecule has 0 fully saturated rings. The van der Waals surface area contributed by atoms with Gasteiger partial charge in [0.2, 0.25) is 0 Å². The van der Waals surface area contributed by atoms with Gasteiger partial charge in [-0.25, -0.2) is 12.7 Å². The summed E-state index contributed by atoms with van der Waals surface area (Å²) in [6.45, 7) is 0. The number of sulfonamides is 1. The largest absolute Gasteiger partial charge is 0.496 e. The van der Waals surface area contributed by atoms with Gasteiger partial charge in [-0.15, -0.1) is 11.8 Å². The number of ether oxygens (including phenoxy) is 1. The van der Waals surface area contributed by atoms with Crippen molar-refractivity contribution in [1.29, 1.82) is 0 Å². The molecule has 7 heteroatoms. The average Bonchev–Trinajstić information content (AvgIpc) is 2.73. The van der Waals surface area contributed by atoms with Crippen LogP contribution in [0.3, 0.4) is 0 Å². The van der Waals surface area contributed by atoms with Crippen molar-refractivity contribution >= 4 is 27.7 Å². The number of methoxy groups -OCH3 is 1. The molecule has 3 rings (SSSR count). The maximum Gasteiger partial charge on any atom is 0.273 e. The van der Waals surface area contributed by atoms with Crippen molar-refractivity contribution in [3.63, 3.8) is 0 Å². The fourth-order valence-electron chi connectivity index (χ4n) is 2.24. The Morgan fingerprint density at radius 2 is 1.82 bits per heavy atom. The molecule has 0 spiro atoms. The second-order valence-corrected chi connectivity index (χ2v) is 7.43. The first-order chi connectivity index (χ1) is 10.6. The maximum absolute atomic E-state index is 12.5. The molecule has 2 aromatic carbocycles. The summed E-state index contributed by atoms with van der Waals surface area (Å²) in [4.78, 5) is 13.4. The minimum Gasteiger partial charge on any atom is -0.496 e. The first kappa shape index (κ1) is 14.9. The average molecular weight is 335 g/mol. The van der Waals surface area contributed by atoms with Crippen molar-refractivity contribution in [2.45, 2.75) is 9.79 Å². The van der Waals surface area contributed by atoms with E-state index in [0.29, 0.717) is 0 Å². The van der Waals surface area contributed by atoms with E-state index in [1.54, 1.807) is 12.1 Å². The zero-order valence-corrected chi connectivity index (χ0v) is 13.4. The van der Waals surface area contributed by atoms with Gasteiger partial charge in [0.1, 0.15) is 16.2 Å². The minimum atomic E-state index is -3.82. The van der Waals surface area contributed by atoms with E-state index < -0.39 is 15.9 Å². The Hall–Kier alpha value is -1.99. The van der Waals surface area contributed by atoms with Crippen LogP contribution in [-0.2, 0) is 10.0 Å². The highest BCUT2D eigenvalue weighted by molar-refractivity contribution is 8.00. The lowest BCUT2D eigenvalue weighted by molar-refractivity contribution is 0.0884. The van der Waals surface area contributed by atoms with E-state index in [1.165, 1.54) is 24.9 Å². The molecule has 5 nitrogen and oxygen atoms in total. The molecule has 0 N–H and O–H groups in total. The van der Waals surface area contributed by atoms with Crippen LogP contribution in [0.5, 0.6) is 5.75 Å². The molecule has 0 aliphatic carbocycles. The number of rotatable bonds is 4. The number of benzene rings is 2. The quantitative estimate of drug-likeness (QED) is 0.804. The van der Waals surface area contributed by atoms with Crippen molar-refractivity contribution in [1.82, 2.24) is 4.31 Å². The molecule has 0 atom stereocenters. The highest BCUT2D eigenvalue weighted by Crippen LogP contribution is 2.37. The molecule has 22 heavy (non-hydrogen) atoms. The third-order valence-electron chi connectivity index (χ3n) is 3.31. The standard InChI is InChI=1S/C15H13NO4S2/c1-20-12-8-5-9-13-14(12)15(17)16(22(13,18)19)10-21-11-6-3-2-4-7-11/h2-9H,10H2,1H3. The normalized spacial score (nSPS) is 15.7. The number of nitrogens with zero attached hydrogens (tertiary/aromatic N) is 1. The number of hydrogen-bond acceptors (Lipinski definition) is 5. The summed E-state index contributed by atoms with van der Waals surface area (Å²) in [5.74, 6) is -0.239. The SMILES string of the molecule is COc1cccc2c1C(=O)N(CSc1ccccc1)S2(=O)=O. The van der Waals surface area contributed by atoms with Crippen LogP contribution in [0.1, 0.15) is 10.4 Å². The Bertz CT molecular complexity index is 819. The smallest absolute Gasteiger partial charge is 0.273 e. The van der Waals surface area contributed by atoms with Crippen molar-refractivity contribution in [2.75, 3.05) is 13.0 Å². The number of fused-ring (bicyclic) bond motifs is 1. The molecule has 1 heterocycles. The number of amides is 1. The van der Waals surface area contributed by atoms with Crippen LogP contribution < -0.4 is 4.74 Å². The molecule has 1 aliphatic heterocycles. The van der Waals surface area contributed by atoms with Crippen LogP contribution in [0, 0.1) is 0 Å². The topological polar surface area (TPSA) is 63.7 Å². The second-order valence-electron chi connectivity index (χ2n) is 4.58. The summed E-state index contributed by atoms with van der Waals surface area (Å²) >= 11 is 1.29. The van der Waals surface area contributed by atoms with Crippen LogP contribution in [0.15, 0.2) is 58.3 Å². The summed E-state index contributed by atoms with van der Waals surface area (Å²) in [6, 6.07) is 13.9. The summed E-state index contributed by atoms with van der Waals surface area (Å²) in [7, 11) is -2.40. The first-order valence-electron chi connectivity index (χ1n) is 6.47. The molecule has 114 valence electrons. The van der Waals surface area contributed by atoms with Gasteiger partial charge >= 0.3 is 0 Å². The van der Waals surface area contributed by atoms with E-state index in [4.69, 9.17) is 4.74 Å². The molecule has 0 bridgehead atoms. The Morgan fingerprint density at radius 3 is 2.50 bits per heavy atom. The number of thioether (sulfide) groups is 1. The van der Waals surface area contributed by atoms with E-state index in [-0.39, 0.29) is 22.1 Å². The van der Waals surface area contributed by atoms with E-state index >= 15 is 0 Å². The molecule has 0 aromatic heterocycles. The minimum absolute atomic E-state index is 0.00510. The Kier molecular flexibility index (Phi) is 3.84. The van der Waals surface area contributed by atoms with Gasteiger partial charge in [-0.3, -0.25) is 4.79 Å². The predicted molar refractivity (Wildman–Crippen MR) is 83.5 cm³/mol. The number of carbonyl (C=O) groups excluding carboxylic acids is 1. The lowest BCUT2D eigenvalue weighted by Crippen LogP contribution is -2.29. The third-order valence-corrected chi connectivity index (χ3v) is 6.24. The van der Waals surface area contributed by atoms with Gasteiger partial charge in [-0.05, 0) is 24.3 Å². The van der Waals surface area contributed by atoms with Gasteiger partial charge < -0.3 is 4.74 Å². The van der Waals surface area contributed by atoms with Crippen LogP contribution in [-0.4, -0.2) is 31.6 Å². The van der Waals surface area contributed by atoms with Gasteiger partial charge in [-0.2, -0.15) is 0 Å². The van der Waals surface area contributed by atoms with Gasteiger partial charge in [0.25, 0.3) is 15.9 Å². The maximum atomic E-state index is 12.5. The molecule has 1 amide bonds. The zero-order chi connectivity index (χ0) is 15.7. The van der Waals surface area contributed by atoms with Crippen molar-refractivity contribution in [2.24, 2.45) is 0 Å². The monoisotopic (exact) mass is 335 g/mol. The van der Waals surface area contributed by atoms with Crippen LogP contribution in [0.2, 0.25) is 0 Å². The fraction of sp³-hybridized carbons (Fsp3) is 0.133. The molecular weight excluding hydrogens is 322 g/mol. The van der Waals surface area contributed by atoms with Gasteiger partial charge in [0.15, 0.2) is 0 Å². The zero-order valence-electron chi connectivity index (χ0n) is 11.7. The molecule has 2 aromatic rings. The van der Waals surface area contributed by atoms with Crippen molar-refractivity contribution < 1.29 is 17.9 Å². The third kappa shape index (κ3) is 2.36. The van der Waals surface area contributed by atoms with Gasteiger partial charge in [0, 0.05) is 4.90 Å². The molecule has 0 saturated carbocycles. The molecule has 0 unspecified atom stereocenters. The lowest BCUT2D eigenvalue weighted by Gasteiger charge is -2.14. The van der Waals surface area contributed by atoms with Crippen LogP contribution >= 0.6 is 11.8 Å². The Morgan fingerprint density at radius 1 is 1.09 bits per heavy atom. The summed E-state index contributed by atoms with van der Waals surface area (Å²) in [6.07, 6.45) is 0. The predicted octanol–water partition coefficient (Wildman–Crippen LogP) is 2.59. The van der Waals surface area contributed by atoms with Gasteiger partial charge in [-0.1, -0.05) is 24.3 Å². The number of carbonyl (C=O) groups is 1. The highest BCUT2D eigenvalue weighted by Gasteiger charge is 2.43. The molecule has 0 saturated heterocycles. The molecule has 0 radical (unpaired) electrons. The Labute approximate surface area is 132 Å². The van der Waals surface area contributed by atoms with Crippen LogP contribution in [0.4, 0.5) is 0 Å².